The molecule has 0 saturated carbocycles. The molecule has 1 aliphatic heterocycles. The van der Waals surface area contributed by atoms with E-state index >= 15 is 0 Å². The van der Waals surface area contributed by atoms with Crippen molar-refractivity contribution in [3.05, 3.63) is 84.2 Å². The minimum absolute atomic E-state index is 0.0724. The molecule has 7 heteroatoms. The van der Waals surface area contributed by atoms with Crippen LogP contribution in [0.25, 0.3) is 11.0 Å². The number of anilines is 1. The summed E-state index contributed by atoms with van der Waals surface area (Å²) in [6.07, 6.45) is -0.397. The van der Waals surface area contributed by atoms with Crippen LogP contribution in [0.1, 0.15) is 23.7 Å². The van der Waals surface area contributed by atoms with Gasteiger partial charge in [0, 0.05) is 24.6 Å². The van der Waals surface area contributed by atoms with Gasteiger partial charge in [0.2, 0.25) is 5.91 Å². The van der Waals surface area contributed by atoms with Gasteiger partial charge in [0.25, 0.3) is 0 Å². The van der Waals surface area contributed by atoms with Crippen LogP contribution in [0.3, 0.4) is 0 Å². The molecular weight excluding hydrogens is 442 g/mol. The van der Waals surface area contributed by atoms with E-state index in [4.69, 9.17) is 14.5 Å². The number of aromatic nitrogens is 2. The van der Waals surface area contributed by atoms with E-state index in [-0.39, 0.29) is 18.4 Å². The van der Waals surface area contributed by atoms with Gasteiger partial charge in [-0.1, -0.05) is 42.5 Å². The molecule has 0 aliphatic carbocycles. The molecule has 0 bridgehead atoms. The van der Waals surface area contributed by atoms with Crippen LogP contribution in [0.4, 0.5) is 5.69 Å². The lowest BCUT2D eigenvalue weighted by Gasteiger charge is -2.20. The molecule has 7 nitrogen and oxygen atoms in total. The molecule has 2 heterocycles. The third-order valence-electron chi connectivity index (χ3n) is 6.47. The van der Waals surface area contributed by atoms with Crippen molar-refractivity contribution in [1.29, 1.82) is 0 Å². The number of fused-ring (bicyclic) bond motifs is 1. The van der Waals surface area contributed by atoms with E-state index in [1.54, 1.807) is 7.11 Å². The summed E-state index contributed by atoms with van der Waals surface area (Å²) < 4.78 is 13.2. The lowest BCUT2D eigenvalue weighted by atomic mass is 10.1. The number of hydrogen-bond donors (Lipinski definition) is 1. The lowest BCUT2D eigenvalue weighted by Crippen LogP contribution is -2.27. The van der Waals surface area contributed by atoms with E-state index in [0.717, 1.165) is 28.1 Å². The molecule has 4 aromatic rings. The van der Waals surface area contributed by atoms with Crippen LogP contribution in [0.5, 0.6) is 11.5 Å². The molecule has 0 unspecified atom stereocenters. The molecule has 5 rings (SSSR count). The minimum Gasteiger partial charge on any atom is -0.493 e. The number of para-hydroxylation sites is 5. The molecule has 0 spiro atoms. The van der Waals surface area contributed by atoms with Gasteiger partial charge in [0.05, 0.1) is 24.7 Å². The zero-order valence-electron chi connectivity index (χ0n) is 19.9. The van der Waals surface area contributed by atoms with E-state index in [0.29, 0.717) is 31.0 Å². The molecular formula is C28H29N3O4. The van der Waals surface area contributed by atoms with Gasteiger partial charge >= 0.3 is 0 Å². The Hall–Kier alpha value is -3.84. The van der Waals surface area contributed by atoms with Gasteiger partial charge < -0.3 is 24.0 Å². The number of carbonyl (C=O) groups excluding carboxylic acids is 1. The number of methoxy groups -OCH3 is 1. The molecule has 1 saturated heterocycles. The number of aliphatic hydroxyl groups is 1. The minimum atomic E-state index is -0.777. The first-order chi connectivity index (χ1) is 17.0. The molecule has 1 aliphatic rings. The Labute approximate surface area is 204 Å². The second kappa shape index (κ2) is 9.80. The van der Waals surface area contributed by atoms with E-state index < -0.39 is 6.10 Å². The fourth-order valence-corrected chi connectivity index (χ4v) is 4.76. The molecule has 1 aromatic heterocycles. The number of nitrogens with zero attached hydrogens (tertiary/aromatic N) is 3. The first-order valence-corrected chi connectivity index (χ1v) is 11.8. The Balaban J connectivity index is 1.39. The summed E-state index contributed by atoms with van der Waals surface area (Å²) in [7, 11) is 1.59. The summed E-state index contributed by atoms with van der Waals surface area (Å²) in [4.78, 5) is 19.7. The van der Waals surface area contributed by atoms with Crippen LogP contribution < -0.4 is 14.4 Å². The number of rotatable bonds is 8. The highest BCUT2D eigenvalue weighted by Crippen LogP contribution is 2.34. The first kappa shape index (κ1) is 22.9. The maximum atomic E-state index is 13.0. The largest absolute Gasteiger partial charge is 0.493 e. The second-order valence-electron chi connectivity index (χ2n) is 8.88. The average molecular weight is 472 g/mol. The van der Waals surface area contributed by atoms with Gasteiger partial charge in [-0.3, -0.25) is 4.79 Å². The lowest BCUT2D eigenvalue weighted by molar-refractivity contribution is -0.117. The molecule has 3 aromatic carbocycles. The van der Waals surface area contributed by atoms with Crippen LogP contribution in [0.15, 0.2) is 72.8 Å². The molecule has 1 amide bonds. The summed E-state index contributed by atoms with van der Waals surface area (Å²) >= 11 is 0. The number of ether oxygens (including phenoxy) is 2. The standard InChI is InChI=1S/C28H29N3O4/c1-19-9-3-5-11-23(19)30-16-20(15-27(30)33)28-29-22-10-4-6-12-24(22)31(28)17-21(32)18-35-26-14-8-7-13-25(26)34-2/h3-14,20-21,32H,15-18H2,1-2H3/t20-,21+/m1/s1. The summed E-state index contributed by atoms with van der Waals surface area (Å²) in [5.41, 5.74) is 3.79. The number of imidazole rings is 1. The van der Waals surface area contributed by atoms with E-state index in [9.17, 15) is 9.90 Å². The Kier molecular flexibility index (Phi) is 6.42. The Morgan fingerprint density at radius 3 is 2.54 bits per heavy atom. The zero-order valence-corrected chi connectivity index (χ0v) is 19.9. The monoisotopic (exact) mass is 471 g/mol. The summed E-state index contributed by atoms with van der Waals surface area (Å²) in [5, 5.41) is 10.9. The van der Waals surface area contributed by atoms with Crippen molar-refractivity contribution in [3.63, 3.8) is 0 Å². The van der Waals surface area contributed by atoms with Gasteiger partial charge in [-0.2, -0.15) is 0 Å². The van der Waals surface area contributed by atoms with Crippen molar-refractivity contribution in [3.8, 4) is 11.5 Å². The first-order valence-electron chi connectivity index (χ1n) is 11.8. The molecule has 1 N–H and O–H groups in total. The Bertz CT molecular complexity index is 1350. The normalized spacial score (nSPS) is 16.6. The average Bonchev–Trinajstić information content (AvgIpc) is 3.43. The molecule has 1 fully saturated rings. The number of carbonyl (C=O) groups is 1. The van der Waals surface area contributed by atoms with Gasteiger partial charge in [0.1, 0.15) is 18.5 Å². The number of aliphatic hydroxyl groups excluding tert-OH is 1. The van der Waals surface area contributed by atoms with Crippen molar-refractivity contribution >= 4 is 22.6 Å². The van der Waals surface area contributed by atoms with E-state index in [2.05, 4.69) is 0 Å². The van der Waals surface area contributed by atoms with Crippen molar-refractivity contribution in [2.75, 3.05) is 25.2 Å². The topological polar surface area (TPSA) is 76.8 Å². The number of amides is 1. The Morgan fingerprint density at radius 2 is 1.74 bits per heavy atom. The van der Waals surface area contributed by atoms with Crippen LogP contribution in [-0.2, 0) is 11.3 Å². The predicted octanol–water partition coefficient (Wildman–Crippen LogP) is 4.31. The molecule has 180 valence electrons. The van der Waals surface area contributed by atoms with Gasteiger partial charge in [-0.05, 0) is 42.8 Å². The maximum Gasteiger partial charge on any atom is 0.227 e. The fourth-order valence-electron chi connectivity index (χ4n) is 4.76. The van der Waals surface area contributed by atoms with Crippen molar-refractivity contribution in [2.24, 2.45) is 0 Å². The van der Waals surface area contributed by atoms with E-state index in [1.165, 1.54) is 0 Å². The third-order valence-corrected chi connectivity index (χ3v) is 6.47. The molecule has 0 radical (unpaired) electrons. The summed E-state index contributed by atoms with van der Waals surface area (Å²) in [6, 6.07) is 23.2. The molecule has 2 atom stereocenters. The highest BCUT2D eigenvalue weighted by atomic mass is 16.5. The fraction of sp³-hybridized carbons (Fsp3) is 0.286. The van der Waals surface area contributed by atoms with Gasteiger partial charge in [0.15, 0.2) is 11.5 Å². The number of benzene rings is 3. The Morgan fingerprint density at radius 1 is 1.03 bits per heavy atom. The molecule has 35 heavy (non-hydrogen) atoms. The van der Waals surface area contributed by atoms with Crippen LogP contribution >= 0.6 is 0 Å². The van der Waals surface area contributed by atoms with Crippen LogP contribution in [0, 0.1) is 6.92 Å². The van der Waals surface area contributed by atoms with E-state index in [1.807, 2.05) is 89.2 Å². The predicted molar refractivity (Wildman–Crippen MR) is 135 cm³/mol. The van der Waals surface area contributed by atoms with Gasteiger partial charge in [-0.25, -0.2) is 4.98 Å². The smallest absolute Gasteiger partial charge is 0.227 e. The van der Waals surface area contributed by atoms with Crippen LogP contribution in [-0.4, -0.2) is 46.9 Å². The van der Waals surface area contributed by atoms with Crippen molar-refractivity contribution in [1.82, 2.24) is 9.55 Å². The summed E-state index contributed by atoms with van der Waals surface area (Å²) in [6.45, 7) is 2.98. The number of aryl methyl sites for hydroxylation is 1. The van der Waals surface area contributed by atoms with Crippen molar-refractivity contribution < 1.29 is 19.4 Å². The van der Waals surface area contributed by atoms with Gasteiger partial charge in [-0.15, -0.1) is 0 Å². The third kappa shape index (κ3) is 4.59. The highest BCUT2D eigenvalue weighted by Gasteiger charge is 2.35. The zero-order chi connectivity index (χ0) is 24.4. The quantitative estimate of drug-likeness (QED) is 0.414. The second-order valence-corrected chi connectivity index (χ2v) is 8.88. The highest BCUT2D eigenvalue weighted by molar-refractivity contribution is 5.97. The summed E-state index contributed by atoms with van der Waals surface area (Å²) in [5.74, 6) is 2.03. The SMILES string of the molecule is COc1ccccc1OC[C@@H](O)Cn1c([C@@H]2CC(=O)N(c3ccccc3C)C2)nc2ccccc21. The van der Waals surface area contributed by atoms with Crippen molar-refractivity contribution in [2.45, 2.75) is 31.9 Å². The maximum absolute atomic E-state index is 13.0. The number of hydrogen-bond acceptors (Lipinski definition) is 5. The van der Waals surface area contributed by atoms with Crippen LogP contribution in [0.2, 0.25) is 0 Å².